The van der Waals surface area contributed by atoms with Gasteiger partial charge in [0.2, 0.25) is 14.9 Å². The minimum absolute atomic E-state index is 0.0390. The van der Waals surface area contributed by atoms with Crippen LogP contribution in [0.25, 0.3) is 0 Å². The molecule has 0 saturated carbocycles. The number of anilines is 1. The van der Waals surface area contributed by atoms with Crippen molar-refractivity contribution in [3.05, 3.63) is 77.0 Å². The quantitative estimate of drug-likeness (QED) is 0.736. The number of amides is 1. The molecule has 3 rings (SSSR count). The van der Waals surface area contributed by atoms with E-state index >= 15 is 0 Å². The molecule has 0 fully saturated rings. The van der Waals surface area contributed by atoms with Gasteiger partial charge in [0, 0.05) is 10.7 Å². The number of aryl methyl sites for hydroxylation is 1. The number of hydrogen-bond donors (Lipinski definition) is 1. The second kappa shape index (κ2) is 6.74. The summed E-state index contributed by atoms with van der Waals surface area (Å²) < 4.78 is 30.3. The lowest BCUT2D eigenvalue weighted by molar-refractivity contribution is 0.0991. The van der Waals surface area contributed by atoms with Crippen LogP contribution in [-0.4, -0.2) is 14.3 Å². The van der Waals surface area contributed by atoms with E-state index in [1.165, 1.54) is 36.4 Å². The van der Waals surface area contributed by atoms with Crippen LogP contribution in [0.15, 0.2) is 75.1 Å². The maximum absolute atomic E-state index is 12.5. The molecule has 0 aliphatic carbocycles. The van der Waals surface area contributed by atoms with Gasteiger partial charge in [-0.05, 0) is 55.0 Å². The van der Waals surface area contributed by atoms with E-state index in [4.69, 9.17) is 16.0 Å². The third-order valence-corrected chi connectivity index (χ3v) is 5.48. The van der Waals surface area contributed by atoms with Crippen molar-refractivity contribution in [2.45, 2.75) is 16.9 Å². The first-order valence-corrected chi connectivity index (χ1v) is 9.21. The minimum atomic E-state index is -3.85. The summed E-state index contributed by atoms with van der Waals surface area (Å²) in [5.74, 6) is -0.609. The molecule has 1 N–H and O–H groups in total. The Morgan fingerprint density at radius 3 is 2.36 bits per heavy atom. The van der Waals surface area contributed by atoms with Crippen molar-refractivity contribution >= 4 is 33.0 Å². The van der Waals surface area contributed by atoms with E-state index in [9.17, 15) is 13.2 Å². The first kappa shape index (κ1) is 17.3. The zero-order valence-electron chi connectivity index (χ0n) is 13.2. The van der Waals surface area contributed by atoms with E-state index in [0.29, 0.717) is 10.7 Å². The number of halogens is 1. The Bertz CT molecular complexity index is 1020. The standard InChI is InChI=1S/C18H14ClNO4S/c1-12-4-2-3-5-15(12)20-18(21)16-10-11-17(24-16)25(22,23)14-8-6-13(19)7-9-14/h2-11H,1H3,(H,20,21). The molecule has 0 saturated heterocycles. The molecule has 3 aromatic rings. The van der Waals surface area contributed by atoms with Gasteiger partial charge in [-0.1, -0.05) is 29.8 Å². The lowest BCUT2D eigenvalue weighted by atomic mass is 10.2. The van der Waals surface area contributed by atoms with Crippen LogP contribution in [0.1, 0.15) is 16.1 Å². The van der Waals surface area contributed by atoms with Gasteiger partial charge >= 0.3 is 0 Å². The van der Waals surface area contributed by atoms with Crippen molar-refractivity contribution in [2.75, 3.05) is 5.32 Å². The second-order valence-corrected chi connectivity index (χ2v) is 7.66. The molecular formula is C18H14ClNO4S. The van der Waals surface area contributed by atoms with E-state index in [1.54, 1.807) is 12.1 Å². The third-order valence-electron chi connectivity index (χ3n) is 3.59. The summed E-state index contributed by atoms with van der Waals surface area (Å²) >= 11 is 5.77. The van der Waals surface area contributed by atoms with Crippen LogP contribution in [0.5, 0.6) is 0 Å². The van der Waals surface area contributed by atoms with Gasteiger partial charge in [0.05, 0.1) is 4.90 Å². The highest BCUT2D eigenvalue weighted by Gasteiger charge is 2.23. The fraction of sp³-hybridized carbons (Fsp3) is 0.0556. The molecule has 25 heavy (non-hydrogen) atoms. The largest absolute Gasteiger partial charge is 0.439 e. The van der Waals surface area contributed by atoms with Crippen LogP contribution < -0.4 is 5.32 Å². The van der Waals surface area contributed by atoms with Crippen molar-refractivity contribution in [3.8, 4) is 0 Å². The van der Waals surface area contributed by atoms with Crippen molar-refractivity contribution in [1.82, 2.24) is 0 Å². The van der Waals surface area contributed by atoms with E-state index in [2.05, 4.69) is 5.32 Å². The summed E-state index contributed by atoms with van der Waals surface area (Å²) in [6, 6.07) is 15.6. The molecule has 0 spiro atoms. The summed E-state index contributed by atoms with van der Waals surface area (Å²) in [5, 5.41) is 2.82. The van der Waals surface area contributed by atoms with Gasteiger partial charge in [-0.15, -0.1) is 0 Å². The van der Waals surface area contributed by atoms with Gasteiger partial charge in [0.25, 0.3) is 5.91 Å². The Balaban J connectivity index is 1.85. The van der Waals surface area contributed by atoms with Gasteiger partial charge in [0.15, 0.2) is 5.76 Å². The maximum Gasteiger partial charge on any atom is 0.291 e. The average molecular weight is 376 g/mol. The Morgan fingerprint density at radius 1 is 1.00 bits per heavy atom. The fourth-order valence-corrected chi connectivity index (χ4v) is 3.51. The first-order chi connectivity index (χ1) is 11.9. The van der Waals surface area contributed by atoms with Gasteiger partial charge in [-0.25, -0.2) is 8.42 Å². The molecule has 0 atom stereocenters. The van der Waals surface area contributed by atoms with E-state index in [0.717, 1.165) is 5.56 Å². The molecule has 1 aromatic heterocycles. The van der Waals surface area contributed by atoms with Crippen LogP contribution in [0, 0.1) is 6.92 Å². The highest BCUT2D eigenvalue weighted by molar-refractivity contribution is 7.91. The molecule has 0 radical (unpaired) electrons. The van der Waals surface area contributed by atoms with Crippen LogP contribution in [-0.2, 0) is 9.84 Å². The molecule has 1 amide bonds. The molecular weight excluding hydrogens is 362 g/mol. The summed E-state index contributed by atoms with van der Waals surface area (Å²) in [5.41, 5.74) is 1.52. The number of para-hydroxylation sites is 1. The summed E-state index contributed by atoms with van der Waals surface area (Å²) in [6.07, 6.45) is 0. The van der Waals surface area contributed by atoms with Gasteiger partial charge in [-0.2, -0.15) is 0 Å². The van der Waals surface area contributed by atoms with E-state index in [1.807, 2.05) is 19.1 Å². The smallest absolute Gasteiger partial charge is 0.291 e. The molecule has 1 heterocycles. The lowest BCUT2D eigenvalue weighted by Gasteiger charge is -2.06. The normalized spacial score (nSPS) is 11.3. The van der Waals surface area contributed by atoms with E-state index < -0.39 is 15.7 Å². The van der Waals surface area contributed by atoms with Crippen LogP contribution >= 0.6 is 11.6 Å². The highest BCUT2D eigenvalue weighted by atomic mass is 35.5. The zero-order valence-corrected chi connectivity index (χ0v) is 14.8. The molecule has 0 bridgehead atoms. The molecule has 0 aliphatic rings. The number of sulfone groups is 1. The molecule has 5 nitrogen and oxygen atoms in total. The van der Waals surface area contributed by atoms with Crippen molar-refractivity contribution in [3.63, 3.8) is 0 Å². The number of rotatable bonds is 4. The molecule has 2 aromatic carbocycles. The van der Waals surface area contributed by atoms with Gasteiger partial charge in [0.1, 0.15) is 0 Å². The number of furan rings is 1. The monoisotopic (exact) mass is 375 g/mol. The highest BCUT2D eigenvalue weighted by Crippen LogP contribution is 2.25. The number of nitrogens with one attached hydrogen (secondary N) is 1. The number of carbonyl (C=O) groups excluding carboxylic acids is 1. The van der Waals surface area contributed by atoms with Crippen LogP contribution in [0.2, 0.25) is 5.02 Å². The zero-order chi connectivity index (χ0) is 18.0. The third kappa shape index (κ3) is 3.60. The Hall–Kier alpha value is -2.57. The SMILES string of the molecule is Cc1ccccc1NC(=O)c1ccc(S(=O)(=O)c2ccc(Cl)cc2)o1. The Kier molecular flexibility index (Phi) is 4.65. The van der Waals surface area contributed by atoms with Gasteiger partial charge < -0.3 is 9.73 Å². The number of carbonyl (C=O) groups is 1. The van der Waals surface area contributed by atoms with Crippen LogP contribution in [0.4, 0.5) is 5.69 Å². The molecule has 0 unspecified atom stereocenters. The molecule has 128 valence electrons. The fourth-order valence-electron chi connectivity index (χ4n) is 2.21. The van der Waals surface area contributed by atoms with Crippen LogP contribution in [0.3, 0.4) is 0 Å². The summed E-state index contributed by atoms with van der Waals surface area (Å²) in [6.45, 7) is 1.86. The Morgan fingerprint density at radius 2 is 1.68 bits per heavy atom. The first-order valence-electron chi connectivity index (χ1n) is 7.35. The van der Waals surface area contributed by atoms with Gasteiger partial charge in [-0.3, -0.25) is 4.79 Å². The molecule has 7 heteroatoms. The number of benzene rings is 2. The summed E-state index contributed by atoms with van der Waals surface area (Å²) in [7, 11) is -3.85. The lowest BCUT2D eigenvalue weighted by Crippen LogP contribution is -2.11. The van der Waals surface area contributed by atoms with Crippen molar-refractivity contribution in [1.29, 1.82) is 0 Å². The topological polar surface area (TPSA) is 76.4 Å². The second-order valence-electron chi connectivity index (χ2n) is 5.35. The number of hydrogen-bond acceptors (Lipinski definition) is 4. The van der Waals surface area contributed by atoms with Crippen molar-refractivity contribution < 1.29 is 17.6 Å². The maximum atomic E-state index is 12.5. The summed E-state index contributed by atoms with van der Waals surface area (Å²) in [4.78, 5) is 12.3. The Labute approximate surface area is 150 Å². The minimum Gasteiger partial charge on any atom is -0.439 e. The average Bonchev–Trinajstić information content (AvgIpc) is 3.08. The predicted octanol–water partition coefficient (Wildman–Crippen LogP) is 4.33. The molecule has 0 aliphatic heterocycles. The van der Waals surface area contributed by atoms with Crippen molar-refractivity contribution in [2.24, 2.45) is 0 Å². The van der Waals surface area contributed by atoms with E-state index in [-0.39, 0.29) is 15.7 Å². The predicted molar refractivity (Wildman–Crippen MR) is 94.7 cm³/mol.